The van der Waals surface area contributed by atoms with Crippen LogP contribution in [0.3, 0.4) is 0 Å². The fourth-order valence-corrected chi connectivity index (χ4v) is 5.88. The molecule has 4 heterocycles. The molecule has 0 bridgehead atoms. The second-order valence-corrected chi connectivity index (χ2v) is 13.3. The van der Waals surface area contributed by atoms with Gasteiger partial charge in [0.1, 0.15) is 5.82 Å². The van der Waals surface area contributed by atoms with E-state index in [2.05, 4.69) is 41.2 Å². The highest BCUT2D eigenvalue weighted by molar-refractivity contribution is 6.40. The second-order valence-electron chi connectivity index (χ2n) is 11.9. The molecule has 54 heavy (non-hydrogen) atoms. The van der Waals surface area contributed by atoms with E-state index in [0.717, 1.165) is 50.1 Å². The van der Waals surface area contributed by atoms with Gasteiger partial charge in [0.15, 0.2) is 26.3 Å². The molecule has 2 N–H and O–H groups in total. The summed E-state index contributed by atoms with van der Waals surface area (Å²) >= 11 is 23.4. The van der Waals surface area contributed by atoms with E-state index >= 15 is 0 Å². The summed E-state index contributed by atoms with van der Waals surface area (Å²) in [7, 11) is 0. The lowest BCUT2D eigenvalue weighted by Gasteiger charge is -2.27. The number of aromatic nitrogens is 8. The van der Waals surface area contributed by atoms with Gasteiger partial charge < -0.3 is 19.9 Å². The number of rotatable bonds is 7. The zero-order chi connectivity index (χ0) is 39.6. The van der Waals surface area contributed by atoms with Crippen LogP contribution in [0.4, 0.5) is 0 Å². The highest BCUT2D eigenvalue weighted by Crippen LogP contribution is 2.23. The number of nitrogens with two attached hydrogens (primary N) is 1. The molecule has 0 aliphatic rings. The molecule has 7 aromatic rings. The number of benzene rings is 3. The second kappa shape index (κ2) is 19.7. The summed E-state index contributed by atoms with van der Waals surface area (Å²) in [5, 5.41) is 9.32. The van der Waals surface area contributed by atoms with Gasteiger partial charge in [0.25, 0.3) is 5.97 Å². The summed E-state index contributed by atoms with van der Waals surface area (Å²) in [6.45, 7) is 17.6. The van der Waals surface area contributed by atoms with Crippen molar-refractivity contribution >= 4 is 85.2 Å². The molecule has 0 radical (unpaired) electrons. The van der Waals surface area contributed by atoms with E-state index in [4.69, 9.17) is 66.3 Å². The number of halogens is 4. The molecule has 0 aliphatic carbocycles. The molecule has 0 spiro atoms. The van der Waals surface area contributed by atoms with Crippen molar-refractivity contribution < 1.29 is 14.2 Å². The minimum atomic E-state index is -0.849. The maximum atomic E-state index is 6.05. The van der Waals surface area contributed by atoms with E-state index in [1.165, 1.54) is 5.56 Å². The van der Waals surface area contributed by atoms with Crippen LogP contribution in [0.2, 0.25) is 20.6 Å². The van der Waals surface area contributed by atoms with E-state index in [9.17, 15) is 0 Å². The lowest BCUT2D eigenvalue weighted by molar-refractivity contribution is -0.365. The molecule has 0 amide bonds. The summed E-state index contributed by atoms with van der Waals surface area (Å²) in [6.07, 6.45) is 0. The molecular weight excluding hydrogens is 772 g/mol. The first-order valence-corrected chi connectivity index (χ1v) is 18.6. The van der Waals surface area contributed by atoms with Crippen molar-refractivity contribution in [2.75, 3.05) is 19.8 Å². The van der Waals surface area contributed by atoms with Crippen molar-refractivity contribution in [1.29, 1.82) is 0 Å². The van der Waals surface area contributed by atoms with Gasteiger partial charge in [-0.2, -0.15) is 0 Å². The standard InChI is InChI=1S/C11H9ClN4.C10H10ClN3.C9H6Cl2N2.C8H18O3/c1-6-3-4-8-9(5-6)16-7(2)14-15-11(16)10(12)13-8;1-6-2-3-7-8(4-6)13-9(5-12)10(11)14-7;1-5-2-3-6-7(4-5)13-9(11)8(10)12-6;1-5-9-8(4,10-6-2)11-7-3/h3-5H,1-2H3;2-4H,5,12H2,1H3;2-4H,1H3;5-7H2,1-4H3. The fraction of sp³-hybridized carbons (Fsp3) is 0.342. The normalized spacial score (nSPS) is 11.2. The molecule has 3 aromatic carbocycles. The van der Waals surface area contributed by atoms with Crippen LogP contribution in [0.15, 0.2) is 54.6 Å². The zero-order valence-corrected chi connectivity index (χ0v) is 34.4. The number of fused-ring (bicyclic) bond motifs is 5. The Labute approximate surface area is 334 Å². The molecule has 0 saturated heterocycles. The molecule has 16 heteroatoms. The monoisotopic (exact) mass is 813 g/mol. The van der Waals surface area contributed by atoms with Gasteiger partial charge in [-0.05, 0) is 102 Å². The zero-order valence-electron chi connectivity index (χ0n) is 31.4. The van der Waals surface area contributed by atoms with Crippen molar-refractivity contribution in [1.82, 2.24) is 39.5 Å². The Balaban J connectivity index is 0.000000162. The smallest absolute Gasteiger partial charge is 0.279 e. The van der Waals surface area contributed by atoms with Crippen molar-refractivity contribution in [3.05, 3.63) is 103 Å². The molecule has 4 aromatic heterocycles. The van der Waals surface area contributed by atoms with Gasteiger partial charge in [0.2, 0.25) is 0 Å². The van der Waals surface area contributed by atoms with Crippen LogP contribution in [-0.4, -0.2) is 65.3 Å². The quantitative estimate of drug-likeness (QED) is 0.153. The van der Waals surface area contributed by atoms with E-state index in [1.54, 1.807) is 6.92 Å². The number of nitrogens with zero attached hydrogens (tertiary/aromatic N) is 8. The van der Waals surface area contributed by atoms with Crippen LogP contribution >= 0.6 is 46.4 Å². The largest absolute Gasteiger partial charge is 0.328 e. The van der Waals surface area contributed by atoms with Gasteiger partial charge in [0, 0.05) is 33.3 Å². The summed E-state index contributed by atoms with van der Waals surface area (Å²) in [5.41, 5.74) is 15.2. The predicted octanol–water partition coefficient (Wildman–Crippen LogP) is 9.61. The number of hydrogen-bond acceptors (Lipinski definition) is 11. The Morgan fingerprint density at radius 3 is 1.54 bits per heavy atom. The van der Waals surface area contributed by atoms with Crippen molar-refractivity contribution in [3.8, 4) is 0 Å². The third kappa shape index (κ3) is 11.1. The van der Waals surface area contributed by atoms with E-state index in [-0.39, 0.29) is 10.3 Å². The van der Waals surface area contributed by atoms with Gasteiger partial charge in [-0.15, -0.1) is 10.2 Å². The summed E-state index contributed by atoms with van der Waals surface area (Å²) in [4.78, 5) is 21.0. The Hall–Kier alpha value is -3.85. The van der Waals surface area contributed by atoms with Crippen LogP contribution in [-0.2, 0) is 20.8 Å². The third-order valence-electron chi connectivity index (χ3n) is 7.59. The number of hydrogen-bond donors (Lipinski definition) is 1. The minimum Gasteiger partial charge on any atom is -0.328 e. The maximum absolute atomic E-state index is 6.05. The summed E-state index contributed by atoms with van der Waals surface area (Å²) in [6, 6.07) is 17.6. The number of ether oxygens (including phenoxy) is 3. The van der Waals surface area contributed by atoms with Crippen LogP contribution in [0.5, 0.6) is 0 Å². The maximum Gasteiger partial charge on any atom is 0.279 e. The Morgan fingerprint density at radius 2 is 1.02 bits per heavy atom. The predicted molar refractivity (Wildman–Crippen MR) is 218 cm³/mol. The molecular formula is C38H43Cl4N9O3. The van der Waals surface area contributed by atoms with Gasteiger partial charge in [-0.3, -0.25) is 4.40 Å². The van der Waals surface area contributed by atoms with E-state index in [0.29, 0.717) is 48.0 Å². The first-order chi connectivity index (χ1) is 25.7. The summed E-state index contributed by atoms with van der Waals surface area (Å²) in [5.74, 6) is -0.0342. The molecule has 286 valence electrons. The molecule has 0 atom stereocenters. The first kappa shape index (κ1) is 42.9. The Bertz CT molecular complexity index is 2340. The van der Waals surface area contributed by atoms with E-state index < -0.39 is 5.97 Å². The third-order valence-corrected chi connectivity index (χ3v) is 8.77. The van der Waals surface area contributed by atoms with Crippen molar-refractivity contribution in [2.45, 2.75) is 67.9 Å². The van der Waals surface area contributed by atoms with Crippen LogP contribution in [0, 0.1) is 27.7 Å². The van der Waals surface area contributed by atoms with Crippen LogP contribution in [0.1, 0.15) is 55.9 Å². The fourth-order valence-electron chi connectivity index (χ4n) is 5.19. The van der Waals surface area contributed by atoms with Gasteiger partial charge in [-0.1, -0.05) is 64.6 Å². The molecule has 0 saturated carbocycles. The molecule has 7 rings (SSSR count). The average Bonchev–Trinajstić information content (AvgIpc) is 3.52. The summed E-state index contributed by atoms with van der Waals surface area (Å²) < 4.78 is 17.7. The topological polar surface area (TPSA) is 148 Å². The average molecular weight is 816 g/mol. The van der Waals surface area contributed by atoms with Crippen LogP contribution in [0.25, 0.3) is 38.7 Å². The Kier molecular flexibility index (Phi) is 15.6. The lowest BCUT2D eigenvalue weighted by atomic mass is 10.2. The lowest BCUT2D eigenvalue weighted by Crippen LogP contribution is -2.35. The molecule has 0 aliphatic heterocycles. The van der Waals surface area contributed by atoms with E-state index in [1.807, 2.05) is 101 Å². The molecule has 0 fully saturated rings. The molecule has 0 unspecified atom stereocenters. The molecule has 12 nitrogen and oxygen atoms in total. The van der Waals surface area contributed by atoms with Crippen molar-refractivity contribution in [3.63, 3.8) is 0 Å². The first-order valence-electron chi connectivity index (χ1n) is 17.1. The highest BCUT2D eigenvalue weighted by atomic mass is 35.5. The Morgan fingerprint density at radius 1 is 0.574 bits per heavy atom. The van der Waals surface area contributed by atoms with Crippen LogP contribution < -0.4 is 5.73 Å². The highest BCUT2D eigenvalue weighted by Gasteiger charge is 2.24. The van der Waals surface area contributed by atoms with Gasteiger partial charge in [0.05, 0.1) is 38.8 Å². The van der Waals surface area contributed by atoms with Gasteiger partial charge in [-0.25, -0.2) is 24.9 Å². The SMILES string of the molecule is CCOC(C)(OCC)OCC.Cc1ccc2nc(Cl)c(CN)nc2c1.Cc1ccc2nc(Cl)c(Cl)nc2c1.Cc1ccc2nc(Cl)c3nnc(C)n3c2c1. The van der Waals surface area contributed by atoms with Crippen molar-refractivity contribution in [2.24, 2.45) is 5.73 Å². The number of aryl methyl sites for hydroxylation is 4. The van der Waals surface area contributed by atoms with Gasteiger partial charge >= 0.3 is 0 Å². The minimum absolute atomic E-state index is 0.248.